The lowest BCUT2D eigenvalue weighted by atomic mass is 9.93. The van der Waals surface area contributed by atoms with Crippen LogP contribution in [-0.2, 0) is 23.9 Å². The number of nitrogens with zero attached hydrogens (tertiary/aromatic N) is 2. The molecule has 2 heterocycles. The first-order chi connectivity index (χ1) is 14.5. The highest BCUT2D eigenvalue weighted by atomic mass is 19.4. The van der Waals surface area contributed by atoms with E-state index < -0.39 is 11.7 Å². The van der Waals surface area contributed by atoms with Crippen molar-refractivity contribution in [1.29, 1.82) is 0 Å². The van der Waals surface area contributed by atoms with Crippen LogP contribution < -0.4 is 0 Å². The Balaban J connectivity index is 1.53. The van der Waals surface area contributed by atoms with E-state index in [1.165, 1.54) is 17.7 Å². The van der Waals surface area contributed by atoms with Crippen LogP contribution in [0.15, 0.2) is 42.5 Å². The minimum absolute atomic E-state index is 0.0414. The summed E-state index contributed by atoms with van der Waals surface area (Å²) in [7, 11) is 0. The van der Waals surface area contributed by atoms with Gasteiger partial charge in [0.05, 0.1) is 11.6 Å². The van der Waals surface area contributed by atoms with E-state index >= 15 is 0 Å². The SMILES string of the molecule is CC(C)(C)N1CCC[C@@H]1C(=O)N1CCc2ccc(-c3ccc(C(F)(F)F)cc3)cc2C1. The van der Waals surface area contributed by atoms with Gasteiger partial charge >= 0.3 is 6.18 Å². The second kappa shape index (κ2) is 7.97. The highest BCUT2D eigenvalue weighted by Crippen LogP contribution is 2.33. The largest absolute Gasteiger partial charge is 0.416 e. The van der Waals surface area contributed by atoms with Crippen LogP contribution in [0.25, 0.3) is 11.1 Å². The van der Waals surface area contributed by atoms with Gasteiger partial charge in [-0.3, -0.25) is 9.69 Å². The molecule has 0 radical (unpaired) electrons. The topological polar surface area (TPSA) is 23.6 Å². The maximum Gasteiger partial charge on any atom is 0.416 e. The third-order valence-corrected chi connectivity index (χ3v) is 6.48. The van der Waals surface area contributed by atoms with Crippen molar-refractivity contribution in [2.45, 2.75) is 64.3 Å². The van der Waals surface area contributed by atoms with Crippen molar-refractivity contribution < 1.29 is 18.0 Å². The summed E-state index contributed by atoms with van der Waals surface area (Å²) >= 11 is 0. The van der Waals surface area contributed by atoms with Crippen LogP contribution >= 0.6 is 0 Å². The van der Waals surface area contributed by atoms with Crippen molar-refractivity contribution in [2.24, 2.45) is 0 Å². The molecule has 0 N–H and O–H groups in total. The van der Waals surface area contributed by atoms with Crippen LogP contribution in [-0.4, -0.2) is 40.4 Å². The first-order valence-electron chi connectivity index (χ1n) is 10.9. The second-order valence-corrected chi connectivity index (χ2v) is 9.59. The fourth-order valence-electron chi connectivity index (χ4n) is 4.81. The molecule has 0 saturated carbocycles. The van der Waals surface area contributed by atoms with Gasteiger partial charge < -0.3 is 4.90 Å². The molecular weight excluding hydrogens is 401 g/mol. The average Bonchev–Trinajstić information content (AvgIpc) is 3.22. The Hall–Kier alpha value is -2.34. The Morgan fingerprint density at radius 1 is 0.935 bits per heavy atom. The zero-order valence-electron chi connectivity index (χ0n) is 18.3. The van der Waals surface area contributed by atoms with E-state index in [0.29, 0.717) is 13.1 Å². The lowest BCUT2D eigenvalue weighted by Crippen LogP contribution is -2.53. The molecule has 31 heavy (non-hydrogen) atoms. The zero-order chi connectivity index (χ0) is 22.4. The first kappa shape index (κ1) is 21.9. The molecule has 0 bridgehead atoms. The molecule has 1 atom stereocenters. The van der Waals surface area contributed by atoms with E-state index in [-0.39, 0.29) is 17.5 Å². The van der Waals surface area contributed by atoms with Crippen molar-refractivity contribution >= 4 is 5.91 Å². The minimum Gasteiger partial charge on any atom is -0.337 e. The molecule has 0 unspecified atom stereocenters. The van der Waals surface area contributed by atoms with E-state index in [1.807, 2.05) is 23.1 Å². The Morgan fingerprint density at radius 3 is 2.26 bits per heavy atom. The predicted octanol–water partition coefficient (Wildman–Crippen LogP) is 5.52. The third-order valence-electron chi connectivity index (χ3n) is 6.48. The van der Waals surface area contributed by atoms with Crippen LogP contribution in [0.4, 0.5) is 13.2 Å². The summed E-state index contributed by atoms with van der Waals surface area (Å²) in [5.41, 5.74) is 3.22. The lowest BCUT2D eigenvalue weighted by molar-refractivity contribution is -0.139. The van der Waals surface area contributed by atoms with E-state index in [2.05, 4.69) is 25.7 Å². The third kappa shape index (κ3) is 4.49. The number of benzene rings is 2. The minimum atomic E-state index is -4.34. The second-order valence-electron chi connectivity index (χ2n) is 9.59. The van der Waals surface area contributed by atoms with Crippen molar-refractivity contribution in [3.8, 4) is 11.1 Å². The molecule has 2 aromatic carbocycles. The van der Waals surface area contributed by atoms with E-state index in [1.54, 1.807) is 0 Å². The number of halogens is 3. The number of alkyl halides is 3. The molecule has 1 saturated heterocycles. The molecule has 6 heteroatoms. The maximum atomic E-state index is 13.3. The van der Waals surface area contributed by atoms with Crippen molar-refractivity contribution in [3.63, 3.8) is 0 Å². The quantitative estimate of drug-likeness (QED) is 0.626. The molecule has 0 aliphatic carbocycles. The molecule has 0 aromatic heterocycles. The van der Waals surface area contributed by atoms with Gasteiger partial charge in [-0.15, -0.1) is 0 Å². The maximum absolute atomic E-state index is 13.3. The molecule has 1 amide bonds. The molecular formula is C25H29F3N2O. The molecule has 2 aromatic rings. The van der Waals surface area contributed by atoms with Crippen LogP contribution in [0.1, 0.15) is 50.3 Å². The van der Waals surface area contributed by atoms with E-state index in [9.17, 15) is 18.0 Å². The van der Waals surface area contributed by atoms with Gasteiger partial charge in [-0.25, -0.2) is 0 Å². The number of hydrogen-bond acceptors (Lipinski definition) is 2. The highest BCUT2D eigenvalue weighted by molar-refractivity contribution is 5.82. The van der Waals surface area contributed by atoms with Crippen molar-refractivity contribution in [3.05, 3.63) is 59.2 Å². The Bertz CT molecular complexity index is 960. The lowest BCUT2D eigenvalue weighted by Gasteiger charge is -2.39. The van der Waals surface area contributed by atoms with Crippen LogP contribution in [0, 0.1) is 0 Å². The van der Waals surface area contributed by atoms with Crippen molar-refractivity contribution in [1.82, 2.24) is 9.80 Å². The number of fused-ring (bicyclic) bond motifs is 1. The van der Waals surface area contributed by atoms with Gasteiger partial charge in [0, 0.05) is 18.6 Å². The van der Waals surface area contributed by atoms with Gasteiger partial charge in [0.15, 0.2) is 0 Å². The van der Waals surface area contributed by atoms with Crippen molar-refractivity contribution in [2.75, 3.05) is 13.1 Å². The van der Waals surface area contributed by atoms with E-state index in [0.717, 1.165) is 54.6 Å². The predicted molar refractivity (Wildman–Crippen MR) is 115 cm³/mol. The number of likely N-dealkylation sites (tertiary alicyclic amines) is 1. The molecule has 0 spiro atoms. The molecule has 2 aliphatic rings. The normalized spacial score (nSPS) is 20.1. The van der Waals surface area contributed by atoms with Gasteiger partial charge in [0.25, 0.3) is 0 Å². The number of amides is 1. The Kier molecular flexibility index (Phi) is 5.63. The Morgan fingerprint density at radius 2 is 1.61 bits per heavy atom. The monoisotopic (exact) mass is 430 g/mol. The number of hydrogen-bond donors (Lipinski definition) is 0. The van der Waals surface area contributed by atoms with Crippen LogP contribution in [0.5, 0.6) is 0 Å². The molecule has 166 valence electrons. The van der Waals surface area contributed by atoms with Gasteiger partial charge in [-0.2, -0.15) is 13.2 Å². The molecule has 3 nitrogen and oxygen atoms in total. The number of carbonyl (C=O) groups is 1. The summed E-state index contributed by atoms with van der Waals surface area (Å²) in [5.74, 6) is 0.193. The highest BCUT2D eigenvalue weighted by Gasteiger charge is 2.39. The number of carbonyl (C=O) groups excluding carboxylic acids is 1. The molecule has 1 fully saturated rings. The summed E-state index contributed by atoms with van der Waals surface area (Å²) < 4.78 is 38.6. The summed E-state index contributed by atoms with van der Waals surface area (Å²) in [6, 6.07) is 11.2. The standard InChI is InChI=1S/C25H29F3N2O/c1-24(2,3)30-13-4-5-22(30)23(31)29-14-12-18-6-7-19(15-20(18)16-29)17-8-10-21(11-9-17)25(26,27)28/h6-11,15,22H,4-5,12-14,16H2,1-3H3/t22-/m1/s1. The Labute approximate surface area is 181 Å². The smallest absolute Gasteiger partial charge is 0.337 e. The average molecular weight is 431 g/mol. The fraction of sp³-hybridized carbons (Fsp3) is 0.480. The first-order valence-corrected chi connectivity index (χ1v) is 10.9. The summed E-state index contributed by atoms with van der Waals surface area (Å²) in [6.45, 7) is 8.67. The zero-order valence-corrected chi connectivity index (χ0v) is 18.3. The molecule has 4 rings (SSSR count). The van der Waals surface area contributed by atoms with Gasteiger partial charge in [-0.1, -0.05) is 24.3 Å². The van der Waals surface area contributed by atoms with Crippen LogP contribution in [0.2, 0.25) is 0 Å². The summed E-state index contributed by atoms with van der Waals surface area (Å²) in [6.07, 6.45) is -1.60. The fourth-order valence-corrected chi connectivity index (χ4v) is 4.81. The number of rotatable bonds is 2. The summed E-state index contributed by atoms with van der Waals surface area (Å²) in [4.78, 5) is 17.6. The summed E-state index contributed by atoms with van der Waals surface area (Å²) in [5, 5.41) is 0. The van der Waals surface area contributed by atoms with Crippen LogP contribution in [0.3, 0.4) is 0 Å². The van der Waals surface area contributed by atoms with Gasteiger partial charge in [0.1, 0.15) is 0 Å². The van der Waals surface area contributed by atoms with Gasteiger partial charge in [-0.05, 0) is 87.0 Å². The van der Waals surface area contributed by atoms with E-state index in [4.69, 9.17) is 0 Å². The van der Waals surface area contributed by atoms with Gasteiger partial charge in [0.2, 0.25) is 5.91 Å². The molecule has 2 aliphatic heterocycles.